The molecule has 1 aromatic heterocycles. The van der Waals surface area contributed by atoms with Crippen LogP contribution in [0.25, 0.3) is 11.3 Å². The highest BCUT2D eigenvalue weighted by molar-refractivity contribution is 6.04. The summed E-state index contributed by atoms with van der Waals surface area (Å²) >= 11 is 0. The maximum Gasteiger partial charge on any atom is 0.255 e. The van der Waals surface area contributed by atoms with Gasteiger partial charge in [-0.1, -0.05) is 25.1 Å². The lowest BCUT2D eigenvalue weighted by atomic mass is 10.1. The van der Waals surface area contributed by atoms with Crippen molar-refractivity contribution >= 4 is 17.4 Å². The summed E-state index contributed by atoms with van der Waals surface area (Å²) in [6.45, 7) is 3.61. The highest BCUT2D eigenvalue weighted by Gasteiger charge is 2.08. The second kappa shape index (κ2) is 7.74. The van der Waals surface area contributed by atoms with E-state index in [4.69, 9.17) is 0 Å². The number of nitrogens with zero attached hydrogens (tertiary/aromatic N) is 1. The summed E-state index contributed by atoms with van der Waals surface area (Å²) in [6.07, 6.45) is 2.83. The number of nitrogens with one attached hydrogen (secondary N) is 1. The Labute approximate surface area is 152 Å². The average molecular weight is 344 g/mol. The molecule has 1 heterocycles. The van der Waals surface area contributed by atoms with E-state index in [1.54, 1.807) is 36.4 Å². The third kappa shape index (κ3) is 4.03. The highest BCUT2D eigenvalue weighted by Crippen LogP contribution is 2.19. The molecule has 0 spiro atoms. The lowest BCUT2D eigenvalue weighted by Crippen LogP contribution is -2.11. The van der Waals surface area contributed by atoms with Gasteiger partial charge in [-0.05, 0) is 61.4 Å². The summed E-state index contributed by atoms with van der Waals surface area (Å²) in [4.78, 5) is 28.1. The van der Waals surface area contributed by atoms with Crippen molar-refractivity contribution in [2.45, 2.75) is 20.3 Å². The van der Waals surface area contributed by atoms with Gasteiger partial charge in [-0.15, -0.1) is 0 Å². The van der Waals surface area contributed by atoms with Gasteiger partial charge in [0.25, 0.3) is 5.91 Å². The van der Waals surface area contributed by atoms with Gasteiger partial charge >= 0.3 is 0 Å². The molecule has 0 fully saturated rings. The van der Waals surface area contributed by atoms with Crippen LogP contribution >= 0.6 is 0 Å². The Balaban J connectivity index is 1.70. The molecule has 130 valence electrons. The quantitative estimate of drug-likeness (QED) is 0.679. The topological polar surface area (TPSA) is 59.1 Å². The molecule has 1 amide bonds. The fourth-order valence-corrected chi connectivity index (χ4v) is 2.59. The number of hydrogen-bond acceptors (Lipinski definition) is 3. The van der Waals surface area contributed by atoms with Crippen LogP contribution in [-0.2, 0) is 6.42 Å². The second-order valence-electron chi connectivity index (χ2n) is 6.07. The fourth-order valence-electron chi connectivity index (χ4n) is 2.59. The Bertz CT molecular complexity index is 912. The maximum absolute atomic E-state index is 12.4. The molecule has 0 atom stereocenters. The zero-order valence-electron chi connectivity index (χ0n) is 14.8. The molecule has 0 aliphatic heterocycles. The number of ketones is 1. The van der Waals surface area contributed by atoms with Crippen LogP contribution in [0.2, 0.25) is 0 Å². The van der Waals surface area contributed by atoms with Gasteiger partial charge in [-0.2, -0.15) is 0 Å². The van der Waals surface area contributed by atoms with Crippen LogP contribution in [0.1, 0.15) is 40.1 Å². The number of anilines is 1. The smallest absolute Gasteiger partial charge is 0.255 e. The molecular weight excluding hydrogens is 324 g/mol. The number of amides is 1. The predicted molar refractivity (Wildman–Crippen MR) is 103 cm³/mol. The van der Waals surface area contributed by atoms with E-state index >= 15 is 0 Å². The first-order valence-corrected chi connectivity index (χ1v) is 8.54. The largest absolute Gasteiger partial charge is 0.322 e. The third-order valence-corrected chi connectivity index (χ3v) is 4.23. The molecule has 1 N–H and O–H groups in total. The number of aromatic nitrogens is 1. The highest BCUT2D eigenvalue weighted by atomic mass is 16.1. The van der Waals surface area contributed by atoms with Crippen molar-refractivity contribution in [1.82, 2.24) is 4.98 Å². The molecule has 3 aromatic rings. The molecular formula is C22H20N2O2. The number of benzene rings is 2. The molecule has 4 nitrogen and oxygen atoms in total. The average Bonchev–Trinajstić information content (AvgIpc) is 2.68. The number of carbonyl (C=O) groups excluding carboxylic acids is 2. The zero-order valence-corrected chi connectivity index (χ0v) is 14.8. The number of Topliss-reactive ketones (excluding diaryl/α,β-unsaturated/α-hetero) is 1. The molecule has 26 heavy (non-hydrogen) atoms. The third-order valence-electron chi connectivity index (χ3n) is 4.23. The molecule has 3 rings (SSSR count). The van der Waals surface area contributed by atoms with Crippen LogP contribution in [0.3, 0.4) is 0 Å². The monoisotopic (exact) mass is 344 g/mol. The van der Waals surface area contributed by atoms with E-state index in [1.165, 1.54) is 12.5 Å². The second-order valence-corrected chi connectivity index (χ2v) is 6.07. The SMILES string of the molecule is CCc1ccc(-c2ccc(C(=O)Nc3ccc(C(C)=O)cc3)cc2)nc1. The van der Waals surface area contributed by atoms with E-state index in [1.807, 2.05) is 24.4 Å². The van der Waals surface area contributed by atoms with E-state index < -0.39 is 0 Å². The number of pyridine rings is 1. The lowest BCUT2D eigenvalue weighted by Gasteiger charge is -2.07. The summed E-state index contributed by atoms with van der Waals surface area (Å²) in [6, 6.07) is 18.2. The molecule has 2 aromatic carbocycles. The van der Waals surface area contributed by atoms with Gasteiger partial charge in [0.15, 0.2) is 5.78 Å². The summed E-state index contributed by atoms with van der Waals surface area (Å²) in [5, 5.41) is 2.83. The van der Waals surface area contributed by atoms with Crippen molar-refractivity contribution < 1.29 is 9.59 Å². The maximum atomic E-state index is 12.4. The Kier molecular flexibility index (Phi) is 5.23. The molecule has 0 unspecified atom stereocenters. The van der Waals surface area contributed by atoms with Gasteiger partial charge in [-0.3, -0.25) is 14.6 Å². The van der Waals surface area contributed by atoms with Crippen LogP contribution in [-0.4, -0.2) is 16.7 Å². The number of carbonyl (C=O) groups is 2. The van der Waals surface area contributed by atoms with E-state index in [2.05, 4.69) is 23.3 Å². The van der Waals surface area contributed by atoms with Crippen LogP contribution in [0.5, 0.6) is 0 Å². The van der Waals surface area contributed by atoms with Crippen LogP contribution in [0.15, 0.2) is 66.9 Å². The van der Waals surface area contributed by atoms with Gasteiger partial charge in [0, 0.05) is 28.6 Å². The van der Waals surface area contributed by atoms with E-state index in [0.717, 1.165) is 17.7 Å². The first kappa shape index (κ1) is 17.5. The van der Waals surface area contributed by atoms with Gasteiger partial charge in [-0.25, -0.2) is 0 Å². The van der Waals surface area contributed by atoms with Crippen LogP contribution in [0, 0.1) is 0 Å². The van der Waals surface area contributed by atoms with Crippen molar-refractivity contribution in [1.29, 1.82) is 0 Å². The Hall–Kier alpha value is -3.27. The van der Waals surface area contributed by atoms with Crippen molar-refractivity contribution in [3.05, 3.63) is 83.6 Å². The summed E-state index contributed by atoms with van der Waals surface area (Å²) in [7, 11) is 0. The Morgan fingerprint density at radius 2 is 1.54 bits per heavy atom. The summed E-state index contributed by atoms with van der Waals surface area (Å²) in [5.74, 6) is -0.194. The van der Waals surface area contributed by atoms with E-state index in [0.29, 0.717) is 16.8 Å². The molecule has 0 bridgehead atoms. The molecule has 0 radical (unpaired) electrons. The van der Waals surface area contributed by atoms with Crippen molar-refractivity contribution in [3.63, 3.8) is 0 Å². The first-order chi connectivity index (χ1) is 12.6. The molecule has 0 aliphatic carbocycles. The Morgan fingerprint density at radius 3 is 2.08 bits per heavy atom. The standard InChI is InChI=1S/C22H20N2O2/c1-3-16-4-13-21(23-14-16)18-5-7-19(8-6-18)22(26)24-20-11-9-17(10-12-20)15(2)25/h4-14H,3H2,1-2H3,(H,24,26). The van der Waals surface area contributed by atoms with Crippen molar-refractivity contribution in [2.24, 2.45) is 0 Å². The normalized spacial score (nSPS) is 10.4. The number of aryl methyl sites for hydroxylation is 1. The van der Waals surface area contributed by atoms with Crippen molar-refractivity contribution in [2.75, 3.05) is 5.32 Å². The molecule has 0 saturated heterocycles. The number of rotatable bonds is 5. The van der Waals surface area contributed by atoms with Crippen molar-refractivity contribution in [3.8, 4) is 11.3 Å². The Morgan fingerprint density at radius 1 is 0.885 bits per heavy atom. The summed E-state index contributed by atoms with van der Waals surface area (Å²) < 4.78 is 0. The zero-order chi connectivity index (χ0) is 18.5. The molecule has 4 heteroatoms. The van der Waals surface area contributed by atoms with Crippen LogP contribution < -0.4 is 5.32 Å². The predicted octanol–water partition coefficient (Wildman–Crippen LogP) is 4.77. The minimum Gasteiger partial charge on any atom is -0.322 e. The first-order valence-electron chi connectivity index (χ1n) is 8.54. The molecule has 0 saturated carbocycles. The summed E-state index contributed by atoms with van der Waals surface area (Å²) in [5.41, 5.74) is 4.88. The molecule has 0 aliphatic rings. The van der Waals surface area contributed by atoms with Gasteiger partial charge < -0.3 is 5.32 Å². The minimum absolute atomic E-state index is 0.000885. The number of hydrogen-bond donors (Lipinski definition) is 1. The van der Waals surface area contributed by atoms with Gasteiger partial charge in [0.1, 0.15) is 0 Å². The minimum atomic E-state index is -0.193. The van der Waals surface area contributed by atoms with Gasteiger partial charge in [0.05, 0.1) is 5.69 Å². The van der Waals surface area contributed by atoms with E-state index in [9.17, 15) is 9.59 Å². The fraction of sp³-hybridized carbons (Fsp3) is 0.136. The van der Waals surface area contributed by atoms with Crippen LogP contribution in [0.4, 0.5) is 5.69 Å². The van der Waals surface area contributed by atoms with E-state index in [-0.39, 0.29) is 11.7 Å². The van der Waals surface area contributed by atoms with Gasteiger partial charge in [0.2, 0.25) is 0 Å². The lowest BCUT2D eigenvalue weighted by molar-refractivity contribution is 0.101.